The SMILES string of the molecule is COc1ccc(N(C(=O)CCCCCC(N)=O)c2ccc(F)cc2N)c(OC)n1. The zero-order valence-electron chi connectivity index (χ0n) is 16.5. The average molecular weight is 404 g/mol. The van der Waals surface area contributed by atoms with Gasteiger partial charge in [-0.05, 0) is 37.1 Å². The fraction of sp³-hybridized carbons (Fsp3) is 0.350. The third kappa shape index (κ3) is 5.81. The van der Waals surface area contributed by atoms with Gasteiger partial charge in [0.2, 0.25) is 23.6 Å². The second-order valence-corrected chi connectivity index (χ2v) is 6.34. The number of hydrogen-bond donors (Lipinski definition) is 2. The zero-order valence-corrected chi connectivity index (χ0v) is 16.5. The van der Waals surface area contributed by atoms with Gasteiger partial charge in [0.1, 0.15) is 11.5 Å². The number of nitrogen functional groups attached to an aromatic ring is 1. The molecule has 2 amide bonds. The number of carbonyl (C=O) groups excluding carboxylic acids is 2. The smallest absolute Gasteiger partial charge is 0.241 e. The Labute approximate surface area is 168 Å². The van der Waals surface area contributed by atoms with Crippen LogP contribution in [-0.4, -0.2) is 31.0 Å². The van der Waals surface area contributed by atoms with E-state index in [0.717, 1.165) is 6.07 Å². The highest BCUT2D eigenvalue weighted by Gasteiger charge is 2.24. The van der Waals surface area contributed by atoms with Gasteiger partial charge in [-0.15, -0.1) is 0 Å². The number of benzene rings is 1. The Morgan fingerprint density at radius 3 is 2.34 bits per heavy atom. The highest BCUT2D eigenvalue weighted by atomic mass is 19.1. The van der Waals surface area contributed by atoms with Gasteiger partial charge < -0.3 is 20.9 Å². The van der Waals surface area contributed by atoms with Crippen LogP contribution in [0.25, 0.3) is 0 Å². The molecule has 0 unspecified atom stereocenters. The van der Waals surface area contributed by atoms with E-state index in [0.29, 0.717) is 36.5 Å². The highest BCUT2D eigenvalue weighted by Crippen LogP contribution is 2.37. The largest absolute Gasteiger partial charge is 0.481 e. The first kappa shape index (κ1) is 21.9. The van der Waals surface area contributed by atoms with Gasteiger partial charge in [0.05, 0.1) is 25.6 Å². The first-order valence-corrected chi connectivity index (χ1v) is 9.12. The van der Waals surface area contributed by atoms with Crippen LogP contribution >= 0.6 is 0 Å². The number of pyridine rings is 1. The number of unbranched alkanes of at least 4 members (excludes halogenated alkanes) is 2. The van der Waals surface area contributed by atoms with Crippen LogP contribution in [0.2, 0.25) is 0 Å². The molecule has 9 heteroatoms. The average Bonchev–Trinajstić information content (AvgIpc) is 2.69. The van der Waals surface area contributed by atoms with Crippen LogP contribution in [-0.2, 0) is 9.59 Å². The fourth-order valence-corrected chi connectivity index (χ4v) is 2.84. The lowest BCUT2D eigenvalue weighted by molar-refractivity contribution is -0.118. The van der Waals surface area contributed by atoms with Crippen molar-refractivity contribution in [2.75, 3.05) is 24.9 Å². The molecule has 0 radical (unpaired) electrons. The standard InChI is InChI=1S/C20H25FN4O4/c1-28-18-11-10-16(20(24-18)29-2)25(15-9-8-13(21)12-14(15)22)19(27)7-5-3-4-6-17(23)26/h8-12H,3-7,22H2,1-2H3,(H2,23,26). The van der Waals surface area contributed by atoms with E-state index in [4.69, 9.17) is 20.9 Å². The minimum absolute atomic E-state index is 0.102. The molecule has 0 saturated heterocycles. The molecule has 8 nitrogen and oxygen atoms in total. The molecular weight excluding hydrogens is 379 g/mol. The van der Waals surface area contributed by atoms with Gasteiger partial charge in [0, 0.05) is 18.9 Å². The Balaban J connectivity index is 2.34. The van der Waals surface area contributed by atoms with E-state index in [2.05, 4.69) is 4.98 Å². The summed E-state index contributed by atoms with van der Waals surface area (Å²) in [5, 5.41) is 0. The minimum atomic E-state index is -0.509. The quantitative estimate of drug-likeness (QED) is 0.464. The van der Waals surface area contributed by atoms with E-state index in [1.165, 1.54) is 31.3 Å². The molecule has 0 spiro atoms. The number of nitrogens with two attached hydrogens (primary N) is 2. The van der Waals surface area contributed by atoms with E-state index in [1.807, 2.05) is 0 Å². The molecule has 2 aromatic rings. The van der Waals surface area contributed by atoms with Gasteiger partial charge >= 0.3 is 0 Å². The summed E-state index contributed by atoms with van der Waals surface area (Å²) in [5.74, 6) is -0.671. The summed E-state index contributed by atoms with van der Waals surface area (Å²) in [6.45, 7) is 0. The lowest BCUT2D eigenvalue weighted by Gasteiger charge is -2.25. The molecule has 0 aliphatic rings. The Kier molecular flexibility index (Phi) is 7.76. The molecule has 0 aliphatic heterocycles. The van der Waals surface area contributed by atoms with Crippen LogP contribution in [0.15, 0.2) is 30.3 Å². The lowest BCUT2D eigenvalue weighted by Crippen LogP contribution is -2.27. The number of primary amides is 1. The maximum atomic E-state index is 13.5. The third-order valence-corrected chi connectivity index (χ3v) is 4.25. The zero-order chi connectivity index (χ0) is 21.4. The van der Waals surface area contributed by atoms with Crippen molar-refractivity contribution < 1.29 is 23.5 Å². The number of aromatic nitrogens is 1. The number of anilines is 3. The fourth-order valence-electron chi connectivity index (χ4n) is 2.84. The molecule has 1 heterocycles. The minimum Gasteiger partial charge on any atom is -0.481 e. The highest BCUT2D eigenvalue weighted by molar-refractivity contribution is 6.04. The van der Waals surface area contributed by atoms with Crippen molar-refractivity contribution in [1.29, 1.82) is 0 Å². The molecule has 156 valence electrons. The first-order chi connectivity index (χ1) is 13.9. The van der Waals surface area contributed by atoms with Crippen molar-refractivity contribution >= 4 is 28.9 Å². The summed E-state index contributed by atoms with van der Waals surface area (Å²) >= 11 is 0. The molecule has 29 heavy (non-hydrogen) atoms. The summed E-state index contributed by atoms with van der Waals surface area (Å²) < 4.78 is 24.0. The molecule has 0 bridgehead atoms. The van der Waals surface area contributed by atoms with Crippen molar-refractivity contribution in [3.63, 3.8) is 0 Å². The lowest BCUT2D eigenvalue weighted by atomic mass is 10.1. The van der Waals surface area contributed by atoms with Crippen LogP contribution in [0.3, 0.4) is 0 Å². The Hall–Kier alpha value is -3.36. The van der Waals surface area contributed by atoms with Crippen LogP contribution in [0.5, 0.6) is 11.8 Å². The molecule has 0 aliphatic carbocycles. The first-order valence-electron chi connectivity index (χ1n) is 9.12. The molecular formula is C20H25FN4O4. The van der Waals surface area contributed by atoms with Crippen molar-refractivity contribution in [3.05, 3.63) is 36.1 Å². The Morgan fingerprint density at radius 2 is 1.72 bits per heavy atom. The predicted molar refractivity (Wildman–Crippen MR) is 108 cm³/mol. The van der Waals surface area contributed by atoms with E-state index < -0.39 is 5.82 Å². The summed E-state index contributed by atoms with van der Waals surface area (Å²) in [6.07, 6.45) is 2.29. The second kappa shape index (κ2) is 10.3. The number of methoxy groups -OCH3 is 2. The van der Waals surface area contributed by atoms with Crippen molar-refractivity contribution in [1.82, 2.24) is 4.98 Å². The number of hydrogen-bond acceptors (Lipinski definition) is 6. The topological polar surface area (TPSA) is 121 Å². The van der Waals surface area contributed by atoms with Crippen molar-refractivity contribution in [2.24, 2.45) is 5.73 Å². The van der Waals surface area contributed by atoms with Gasteiger partial charge in [-0.25, -0.2) is 4.39 Å². The maximum Gasteiger partial charge on any atom is 0.241 e. The number of ether oxygens (including phenoxy) is 2. The summed E-state index contributed by atoms with van der Waals surface area (Å²) in [6, 6.07) is 7.01. The van der Waals surface area contributed by atoms with Gasteiger partial charge in [-0.2, -0.15) is 4.98 Å². The number of rotatable bonds is 10. The third-order valence-electron chi connectivity index (χ3n) is 4.25. The molecule has 0 fully saturated rings. The van der Waals surface area contributed by atoms with Gasteiger partial charge in [0.15, 0.2) is 0 Å². The van der Waals surface area contributed by atoms with Crippen LogP contribution in [0, 0.1) is 5.82 Å². The summed E-state index contributed by atoms with van der Waals surface area (Å²) in [7, 11) is 2.89. The maximum absolute atomic E-state index is 13.5. The molecule has 0 atom stereocenters. The number of amides is 2. The monoisotopic (exact) mass is 404 g/mol. The van der Waals surface area contributed by atoms with Crippen LogP contribution in [0.4, 0.5) is 21.5 Å². The molecule has 1 aromatic heterocycles. The second-order valence-electron chi connectivity index (χ2n) is 6.34. The van der Waals surface area contributed by atoms with E-state index in [9.17, 15) is 14.0 Å². The summed E-state index contributed by atoms with van der Waals surface area (Å²) in [4.78, 5) is 29.5. The number of carbonyl (C=O) groups is 2. The molecule has 1 aromatic carbocycles. The number of nitrogens with zero attached hydrogens (tertiary/aromatic N) is 2. The molecule has 0 saturated carbocycles. The molecule has 2 rings (SSSR count). The van der Waals surface area contributed by atoms with E-state index in [1.54, 1.807) is 12.1 Å². The summed E-state index contributed by atoms with van der Waals surface area (Å²) in [5.41, 5.74) is 11.9. The Morgan fingerprint density at radius 1 is 1.03 bits per heavy atom. The normalized spacial score (nSPS) is 10.4. The van der Waals surface area contributed by atoms with Crippen molar-refractivity contribution in [2.45, 2.75) is 32.1 Å². The predicted octanol–water partition coefficient (Wildman–Crippen LogP) is 2.92. The molecule has 4 N–H and O–H groups in total. The van der Waals surface area contributed by atoms with E-state index in [-0.39, 0.29) is 36.2 Å². The van der Waals surface area contributed by atoms with E-state index >= 15 is 0 Å². The van der Waals surface area contributed by atoms with Gasteiger partial charge in [-0.3, -0.25) is 14.5 Å². The van der Waals surface area contributed by atoms with Gasteiger partial charge in [0.25, 0.3) is 0 Å². The van der Waals surface area contributed by atoms with Crippen LogP contribution in [0.1, 0.15) is 32.1 Å². The Bertz CT molecular complexity index is 876. The van der Waals surface area contributed by atoms with Crippen molar-refractivity contribution in [3.8, 4) is 11.8 Å². The number of halogens is 1. The van der Waals surface area contributed by atoms with Gasteiger partial charge in [-0.1, -0.05) is 6.42 Å². The van der Waals surface area contributed by atoms with Crippen LogP contribution < -0.4 is 25.8 Å².